The van der Waals surface area contributed by atoms with Crippen molar-refractivity contribution in [1.82, 2.24) is 15.5 Å². The van der Waals surface area contributed by atoms with Gasteiger partial charge in [0.05, 0.1) is 33.5 Å². The van der Waals surface area contributed by atoms with E-state index in [9.17, 15) is 0 Å². The van der Waals surface area contributed by atoms with Crippen molar-refractivity contribution in [2.45, 2.75) is 25.8 Å². The normalized spacial score (nSPS) is 16.7. The molecule has 0 saturated carbocycles. The number of guanidine groups is 1. The number of benzene rings is 1. The second kappa shape index (κ2) is 11.7. The summed E-state index contributed by atoms with van der Waals surface area (Å²) in [5, 5.41) is 6.85. The van der Waals surface area contributed by atoms with Gasteiger partial charge in [0, 0.05) is 33.2 Å². The van der Waals surface area contributed by atoms with Crippen molar-refractivity contribution >= 4 is 5.96 Å². The minimum absolute atomic E-state index is 0.193. The fraction of sp³-hybridized carbons (Fsp3) is 0.650. The molecule has 7 heteroatoms. The molecule has 0 radical (unpaired) electrons. The number of morpholine rings is 1. The van der Waals surface area contributed by atoms with Gasteiger partial charge in [0.15, 0.2) is 17.5 Å². The molecule has 1 fully saturated rings. The number of rotatable bonds is 9. The lowest BCUT2D eigenvalue weighted by atomic mass is 10.0. The lowest BCUT2D eigenvalue weighted by Crippen LogP contribution is -2.46. The van der Waals surface area contributed by atoms with Gasteiger partial charge in [0.2, 0.25) is 0 Å². The van der Waals surface area contributed by atoms with Crippen LogP contribution < -0.4 is 20.1 Å². The van der Waals surface area contributed by atoms with Gasteiger partial charge in [-0.25, -0.2) is 0 Å². The molecule has 1 aliphatic rings. The van der Waals surface area contributed by atoms with Crippen LogP contribution in [-0.2, 0) is 4.74 Å². The van der Waals surface area contributed by atoms with Crippen molar-refractivity contribution in [3.05, 3.63) is 23.8 Å². The maximum absolute atomic E-state index is 5.54. The highest BCUT2D eigenvalue weighted by atomic mass is 16.5. The third-order valence-electron chi connectivity index (χ3n) is 4.79. The highest BCUT2D eigenvalue weighted by molar-refractivity contribution is 5.79. The summed E-state index contributed by atoms with van der Waals surface area (Å²) < 4.78 is 16.4. The van der Waals surface area contributed by atoms with Crippen molar-refractivity contribution in [2.75, 3.05) is 60.7 Å². The Hall–Kier alpha value is -1.99. The zero-order valence-corrected chi connectivity index (χ0v) is 17.1. The lowest BCUT2D eigenvalue weighted by Gasteiger charge is -2.35. The van der Waals surface area contributed by atoms with Crippen LogP contribution in [0.2, 0.25) is 0 Å². The molecular formula is C20H34N4O3. The summed E-state index contributed by atoms with van der Waals surface area (Å²) in [6, 6.07) is 6.33. The Labute approximate surface area is 163 Å². The molecule has 1 unspecified atom stereocenters. The third kappa shape index (κ3) is 6.29. The van der Waals surface area contributed by atoms with E-state index in [0.29, 0.717) is 0 Å². The minimum atomic E-state index is 0.193. The average molecular weight is 379 g/mol. The van der Waals surface area contributed by atoms with E-state index < -0.39 is 0 Å². The molecule has 0 spiro atoms. The smallest absolute Gasteiger partial charge is 0.191 e. The number of hydrogen-bond acceptors (Lipinski definition) is 5. The Bertz CT molecular complexity index is 589. The Balaban J connectivity index is 2.14. The molecule has 7 nitrogen and oxygen atoms in total. The Morgan fingerprint density at radius 3 is 2.56 bits per heavy atom. The summed E-state index contributed by atoms with van der Waals surface area (Å²) in [4.78, 5) is 6.78. The Morgan fingerprint density at radius 1 is 1.19 bits per heavy atom. The molecule has 2 N–H and O–H groups in total. The van der Waals surface area contributed by atoms with E-state index in [-0.39, 0.29) is 6.04 Å². The predicted molar refractivity (Wildman–Crippen MR) is 109 cm³/mol. The number of nitrogens with zero attached hydrogens (tertiary/aromatic N) is 2. The van der Waals surface area contributed by atoms with Gasteiger partial charge in [-0.15, -0.1) is 0 Å². The second-order valence-electron chi connectivity index (χ2n) is 6.51. The average Bonchev–Trinajstić information content (AvgIpc) is 2.73. The van der Waals surface area contributed by atoms with E-state index in [1.165, 1.54) is 5.56 Å². The highest BCUT2D eigenvalue weighted by Crippen LogP contribution is 2.32. The molecule has 0 amide bonds. The highest BCUT2D eigenvalue weighted by Gasteiger charge is 2.24. The van der Waals surface area contributed by atoms with Gasteiger partial charge in [-0.05, 0) is 24.1 Å². The van der Waals surface area contributed by atoms with Crippen molar-refractivity contribution in [2.24, 2.45) is 4.99 Å². The van der Waals surface area contributed by atoms with Crippen LogP contribution in [0.1, 0.15) is 31.4 Å². The van der Waals surface area contributed by atoms with Crippen LogP contribution in [-0.4, -0.2) is 71.5 Å². The summed E-state index contributed by atoms with van der Waals surface area (Å²) >= 11 is 0. The van der Waals surface area contributed by atoms with Crippen LogP contribution in [0.3, 0.4) is 0 Å². The topological polar surface area (TPSA) is 67.4 Å². The maximum atomic E-state index is 5.54. The predicted octanol–water partition coefficient (Wildman–Crippen LogP) is 2.04. The fourth-order valence-corrected chi connectivity index (χ4v) is 3.20. The van der Waals surface area contributed by atoms with Crippen LogP contribution in [0.15, 0.2) is 23.2 Å². The van der Waals surface area contributed by atoms with Gasteiger partial charge >= 0.3 is 0 Å². The molecule has 2 rings (SSSR count). The fourth-order valence-electron chi connectivity index (χ4n) is 3.20. The molecule has 1 aromatic rings. The van der Waals surface area contributed by atoms with Gasteiger partial charge in [-0.3, -0.25) is 9.89 Å². The molecule has 1 heterocycles. The van der Waals surface area contributed by atoms with Gasteiger partial charge in [0.1, 0.15) is 0 Å². The molecule has 0 aliphatic carbocycles. The van der Waals surface area contributed by atoms with Gasteiger partial charge in [-0.2, -0.15) is 0 Å². The molecule has 1 aromatic carbocycles. The van der Waals surface area contributed by atoms with Crippen LogP contribution in [0.25, 0.3) is 0 Å². The van der Waals surface area contributed by atoms with Crippen molar-refractivity contribution in [3.63, 3.8) is 0 Å². The van der Waals surface area contributed by atoms with Crippen molar-refractivity contribution < 1.29 is 14.2 Å². The number of unbranched alkanes of at least 4 members (excludes halogenated alkanes) is 1. The standard InChI is InChI=1S/C20H34N4O3/c1-5-6-9-22-20(21-2)23-15-17(24-10-12-27-13-11-24)16-7-8-18(25-3)19(14-16)26-4/h7-8,14,17H,5-6,9-13,15H2,1-4H3,(H2,21,22,23). The van der Waals surface area contributed by atoms with Crippen LogP contribution in [0.4, 0.5) is 0 Å². The van der Waals surface area contributed by atoms with Gasteiger partial charge < -0.3 is 24.8 Å². The van der Waals surface area contributed by atoms with Crippen LogP contribution in [0.5, 0.6) is 11.5 Å². The van der Waals surface area contributed by atoms with E-state index in [4.69, 9.17) is 14.2 Å². The van der Waals surface area contributed by atoms with E-state index in [1.807, 2.05) is 6.07 Å². The third-order valence-corrected chi connectivity index (χ3v) is 4.79. The van der Waals surface area contributed by atoms with Crippen molar-refractivity contribution in [1.29, 1.82) is 0 Å². The maximum Gasteiger partial charge on any atom is 0.191 e. The summed E-state index contributed by atoms with van der Waals surface area (Å²) in [7, 11) is 5.13. The van der Waals surface area contributed by atoms with E-state index in [0.717, 1.165) is 69.7 Å². The number of methoxy groups -OCH3 is 2. The number of ether oxygens (including phenoxy) is 3. The minimum Gasteiger partial charge on any atom is -0.493 e. The van der Waals surface area contributed by atoms with Crippen LogP contribution in [0, 0.1) is 0 Å². The molecular weight excluding hydrogens is 344 g/mol. The lowest BCUT2D eigenvalue weighted by molar-refractivity contribution is 0.0169. The molecule has 0 aromatic heterocycles. The van der Waals surface area contributed by atoms with Crippen molar-refractivity contribution in [3.8, 4) is 11.5 Å². The SMILES string of the molecule is CCCCNC(=NC)NCC(c1ccc(OC)c(OC)c1)N1CCOCC1. The molecule has 1 saturated heterocycles. The van der Waals surface area contributed by atoms with E-state index >= 15 is 0 Å². The quantitative estimate of drug-likeness (QED) is 0.389. The molecule has 1 aliphatic heterocycles. The monoisotopic (exact) mass is 378 g/mol. The number of nitrogens with one attached hydrogen (secondary N) is 2. The van der Waals surface area contributed by atoms with Gasteiger partial charge in [-0.1, -0.05) is 19.4 Å². The molecule has 1 atom stereocenters. The van der Waals surface area contributed by atoms with Crippen LogP contribution >= 0.6 is 0 Å². The first-order chi connectivity index (χ1) is 13.2. The number of hydrogen-bond donors (Lipinski definition) is 2. The zero-order valence-electron chi connectivity index (χ0n) is 17.1. The first kappa shape index (κ1) is 21.3. The summed E-state index contributed by atoms with van der Waals surface area (Å²) in [6.07, 6.45) is 2.29. The molecule has 152 valence electrons. The Morgan fingerprint density at radius 2 is 1.93 bits per heavy atom. The van der Waals surface area contributed by atoms with E-state index in [2.05, 4.69) is 39.6 Å². The Kier molecular flexibility index (Phi) is 9.21. The first-order valence-electron chi connectivity index (χ1n) is 9.71. The number of aliphatic imine (C=N–C) groups is 1. The second-order valence-corrected chi connectivity index (χ2v) is 6.51. The zero-order chi connectivity index (χ0) is 19.5. The summed E-state index contributed by atoms with van der Waals surface area (Å²) in [5.74, 6) is 2.33. The molecule has 27 heavy (non-hydrogen) atoms. The first-order valence-corrected chi connectivity index (χ1v) is 9.71. The van der Waals surface area contributed by atoms with E-state index in [1.54, 1.807) is 21.3 Å². The molecule has 0 bridgehead atoms. The summed E-state index contributed by atoms with van der Waals surface area (Å²) in [6.45, 7) is 7.19. The largest absolute Gasteiger partial charge is 0.493 e. The summed E-state index contributed by atoms with van der Waals surface area (Å²) in [5.41, 5.74) is 1.19. The van der Waals surface area contributed by atoms with Gasteiger partial charge in [0.25, 0.3) is 0 Å².